The highest BCUT2D eigenvalue weighted by Crippen LogP contribution is 2.25. The van der Waals surface area contributed by atoms with Gasteiger partial charge >= 0.3 is 5.97 Å². The second-order valence-corrected chi connectivity index (χ2v) is 3.20. The summed E-state index contributed by atoms with van der Waals surface area (Å²) in [6.45, 7) is 0. The number of carboxylic acid groups (broad SMARTS) is 1. The van der Waals surface area contributed by atoms with E-state index in [2.05, 4.69) is 0 Å². The molecule has 0 amide bonds. The Hall–Kier alpha value is -2.03. The van der Waals surface area contributed by atoms with Gasteiger partial charge in [-0.3, -0.25) is 4.79 Å². The molecule has 1 aromatic carbocycles. The minimum Gasteiger partial charge on any atom is -0.481 e. The monoisotopic (exact) mass is 202 g/mol. The lowest BCUT2D eigenvalue weighted by atomic mass is 10.2. The highest BCUT2D eigenvalue weighted by atomic mass is 16.5. The van der Waals surface area contributed by atoms with Crippen molar-refractivity contribution in [2.24, 2.45) is 0 Å². The predicted octanol–water partition coefficient (Wildman–Crippen LogP) is 2.45. The van der Waals surface area contributed by atoms with E-state index in [1.807, 2.05) is 30.3 Å². The second-order valence-electron chi connectivity index (χ2n) is 3.20. The number of hydrogen-bond donors (Lipinski definition) is 1. The number of allylic oxidation sites excluding steroid dienone is 2. The molecule has 0 aromatic heterocycles. The first-order valence-electron chi connectivity index (χ1n) is 4.61. The molecule has 0 fully saturated rings. The van der Waals surface area contributed by atoms with Crippen molar-refractivity contribution < 1.29 is 14.6 Å². The molecule has 1 aliphatic heterocycles. The van der Waals surface area contributed by atoms with Crippen molar-refractivity contribution in [3.63, 3.8) is 0 Å². The van der Waals surface area contributed by atoms with Crippen LogP contribution in [-0.4, -0.2) is 11.1 Å². The minimum atomic E-state index is -0.894. The zero-order chi connectivity index (χ0) is 10.7. The molecule has 0 radical (unpaired) electrons. The lowest BCUT2D eigenvalue weighted by Gasteiger charge is -2.08. The first-order valence-corrected chi connectivity index (χ1v) is 4.61. The van der Waals surface area contributed by atoms with Crippen LogP contribution in [0.3, 0.4) is 0 Å². The van der Waals surface area contributed by atoms with E-state index in [4.69, 9.17) is 9.84 Å². The Labute approximate surface area is 87.3 Å². The van der Waals surface area contributed by atoms with Crippen molar-refractivity contribution in [3.8, 4) is 5.75 Å². The molecule has 0 atom stereocenters. The smallest absolute Gasteiger partial charge is 0.311 e. The third-order valence-corrected chi connectivity index (χ3v) is 2.04. The van der Waals surface area contributed by atoms with Crippen molar-refractivity contribution in [1.29, 1.82) is 0 Å². The summed E-state index contributed by atoms with van der Waals surface area (Å²) in [5, 5.41) is 8.66. The molecule has 1 N–H and O–H groups in total. The molecule has 1 heterocycles. The summed E-state index contributed by atoms with van der Waals surface area (Å²) in [5.41, 5.74) is 0.953. The van der Waals surface area contributed by atoms with E-state index in [1.165, 1.54) is 0 Å². The molecule has 15 heavy (non-hydrogen) atoms. The van der Waals surface area contributed by atoms with Crippen LogP contribution in [-0.2, 0) is 4.79 Å². The van der Waals surface area contributed by atoms with Crippen molar-refractivity contribution in [2.45, 2.75) is 6.42 Å². The van der Waals surface area contributed by atoms with Gasteiger partial charge in [-0.15, -0.1) is 0 Å². The Kier molecular flexibility index (Phi) is 2.54. The fraction of sp³-hybridized carbons (Fsp3) is 0.0833. The van der Waals surface area contributed by atoms with Gasteiger partial charge in [0.15, 0.2) is 0 Å². The Morgan fingerprint density at radius 1 is 1.33 bits per heavy atom. The van der Waals surface area contributed by atoms with Crippen LogP contribution in [0.15, 0.2) is 42.2 Å². The Morgan fingerprint density at radius 2 is 2.13 bits per heavy atom. The van der Waals surface area contributed by atoms with E-state index in [1.54, 1.807) is 12.2 Å². The second kappa shape index (κ2) is 4.00. The number of carboxylic acids is 1. The number of carbonyl (C=O) groups is 1. The fourth-order valence-corrected chi connectivity index (χ4v) is 1.39. The third-order valence-electron chi connectivity index (χ3n) is 2.04. The van der Waals surface area contributed by atoms with Gasteiger partial charge in [-0.25, -0.2) is 0 Å². The van der Waals surface area contributed by atoms with E-state index in [0.717, 1.165) is 5.56 Å². The zero-order valence-corrected chi connectivity index (χ0v) is 8.01. The maximum atomic E-state index is 10.5. The SMILES string of the molecule is O=C(O)CC1=CC=Cc2ccccc2O1. The first kappa shape index (κ1) is 9.52. The summed E-state index contributed by atoms with van der Waals surface area (Å²) in [5.74, 6) is 0.247. The van der Waals surface area contributed by atoms with Gasteiger partial charge in [0.2, 0.25) is 0 Å². The van der Waals surface area contributed by atoms with Gasteiger partial charge in [0.25, 0.3) is 0 Å². The number of aliphatic carboxylic acids is 1. The van der Waals surface area contributed by atoms with Gasteiger partial charge in [0, 0.05) is 5.56 Å². The Balaban J connectivity index is 2.27. The van der Waals surface area contributed by atoms with Crippen LogP contribution in [0, 0.1) is 0 Å². The summed E-state index contributed by atoms with van der Waals surface area (Å²) in [6, 6.07) is 7.51. The highest BCUT2D eigenvalue weighted by molar-refractivity contribution is 5.70. The van der Waals surface area contributed by atoms with Gasteiger partial charge in [-0.05, 0) is 12.1 Å². The van der Waals surface area contributed by atoms with Crippen molar-refractivity contribution in [3.05, 3.63) is 47.7 Å². The maximum absolute atomic E-state index is 10.5. The predicted molar refractivity (Wildman–Crippen MR) is 56.4 cm³/mol. The van der Waals surface area contributed by atoms with Crippen LogP contribution in [0.5, 0.6) is 5.75 Å². The fourth-order valence-electron chi connectivity index (χ4n) is 1.39. The first-order chi connectivity index (χ1) is 7.25. The number of benzene rings is 1. The quantitative estimate of drug-likeness (QED) is 0.801. The molecule has 3 heteroatoms. The molecule has 76 valence electrons. The summed E-state index contributed by atoms with van der Waals surface area (Å²) in [6.07, 6.45) is 5.26. The number of rotatable bonds is 2. The van der Waals surface area contributed by atoms with Crippen LogP contribution >= 0.6 is 0 Å². The molecular weight excluding hydrogens is 192 g/mol. The van der Waals surface area contributed by atoms with Crippen molar-refractivity contribution in [2.75, 3.05) is 0 Å². The average Bonchev–Trinajstić information content (AvgIpc) is 2.38. The van der Waals surface area contributed by atoms with Gasteiger partial charge in [0.05, 0.1) is 0 Å². The Bertz CT molecular complexity index is 444. The molecule has 1 aliphatic rings. The Morgan fingerprint density at radius 3 is 2.93 bits per heavy atom. The maximum Gasteiger partial charge on any atom is 0.311 e. The number of para-hydroxylation sites is 1. The molecule has 0 aliphatic carbocycles. The molecule has 0 bridgehead atoms. The highest BCUT2D eigenvalue weighted by Gasteiger charge is 2.09. The zero-order valence-electron chi connectivity index (χ0n) is 8.01. The average molecular weight is 202 g/mol. The van der Waals surface area contributed by atoms with Crippen LogP contribution < -0.4 is 4.74 Å². The third kappa shape index (κ3) is 2.26. The summed E-state index contributed by atoms with van der Waals surface area (Å²) in [4.78, 5) is 10.5. The van der Waals surface area contributed by atoms with Crippen LogP contribution in [0.1, 0.15) is 12.0 Å². The van der Waals surface area contributed by atoms with Crippen LogP contribution in [0.4, 0.5) is 0 Å². The van der Waals surface area contributed by atoms with Gasteiger partial charge in [-0.2, -0.15) is 0 Å². The molecule has 1 aromatic rings. The standard InChI is InChI=1S/C12H10O3/c13-12(14)8-10-6-3-5-9-4-1-2-7-11(9)15-10/h1-7H,8H2,(H,13,14). The van der Waals surface area contributed by atoms with Gasteiger partial charge in [0.1, 0.15) is 17.9 Å². The number of fused-ring (bicyclic) bond motifs is 1. The van der Waals surface area contributed by atoms with Crippen molar-refractivity contribution >= 4 is 12.0 Å². The largest absolute Gasteiger partial charge is 0.481 e. The molecule has 0 saturated heterocycles. The van der Waals surface area contributed by atoms with Crippen LogP contribution in [0.2, 0.25) is 0 Å². The van der Waals surface area contributed by atoms with Crippen LogP contribution in [0.25, 0.3) is 6.08 Å². The van der Waals surface area contributed by atoms with E-state index in [9.17, 15) is 4.79 Å². The van der Waals surface area contributed by atoms with E-state index >= 15 is 0 Å². The lowest BCUT2D eigenvalue weighted by molar-refractivity contribution is -0.136. The lowest BCUT2D eigenvalue weighted by Crippen LogP contribution is -2.03. The van der Waals surface area contributed by atoms with E-state index < -0.39 is 5.97 Å². The molecule has 0 saturated carbocycles. The number of hydrogen-bond acceptors (Lipinski definition) is 2. The van der Waals surface area contributed by atoms with Gasteiger partial charge < -0.3 is 9.84 Å². The molecule has 0 unspecified atom stereocenters. The van der Waals surface area contributed by atoms with E-state index in [-0.39, 0.29) is 6.42 Å². The summed E-state index contributed by atoms with van der Waals surface area (Å²) >= 11 is 0. The number of ether oxygens (including phenoxy) is 1. The molecule has 3 nitrogen and oxygen atoms in total. The minimum absolute atomic E-state index is 0.0985. The van der Waals surface area contributed by atoms with Gasteiger partial charge in [-0.1, -0.05) is 30.4 Å². The molecular formula is C12H10O3. The summed E-state index contributed by atoms with van der Waals surface area (Å²) in [7, 11) is 0. The molecule has 2 rings (SSSR count). The summed E-state index contributed by atoms with van der Waals surface area (Å²) < 4.78 is 5.49. The van der Waals surface area contributed by atoms with E-state index in [0.29, 0.717) is 11.5 Å². The van der Waals surface area contributed by atoms with Crippen molar-refractivity contribution in [1.82, 2.24) is 0 Å². The normalized spacial score (nSPS) is 13.5. The molecule has 0 spiro atoms. The topological polar surface area (TPSA) is 46.5 Å².